The lowest BCUT2D eigenvalue weighted by Gasteiger charge is -2.25. The van der Waals surface area contributed by atoms with E-state index >= 15 is 0 Å². The Balaban J connectivity index is 4.16. The quantitative estimate of drug-likeness (QED) is 0.286. The minimum absolute atomic E-state index is 0.0242. The molecule has 0 spiro atoms. The summed E-state index contributed by atoms with van der Waals surface area (Å²) in [6.45, 7) is 4.77. The van der Waals surface area contributed by atoms with E-state index in [1.807, 2.05) is 0 Å². The Labute approximate surface area is 102 Å². The van der Waals surface area contributed by atoms with E-state index < -0.39 is 14.8 Å². The number of ether oxygens (including phenoxy) is 1. The highest BCUT2D eigenvalue weighted by Gasteiger charge is 2.38. The van der Waals surface area contributed by atoms with Gasteiger partial charge in [-0.1, -0.05) is 6.58 Å². The second-order valence-electron chi connectivity index (χ2n) is 3.39. The van der Waals surface area contributed by atoms with Crippen molar-refractivity contribution in [2.24, 2.45) is 0 Å². The maximum absolute atomic E-state index is 11.1. The van der Waals surface area contributed by atoms with Crippen molar-refractivity contribution in [1.82, 2.24) is 0 Å². The Hall–Kier alpha value is -0.733. The molecule has 0 bridgehead atoms. The predicted molar refractivity (Wildman–Crippen MR) is 63.1 cm³/mol. The zero-order valence-corrected chi connectivity index (χ0v) is 11.5. The van der Waals surface area contributed by atoms with E-state index in [4.69, 9.17) is 23.1 Å². The standard InChI is InChI=1S/C10H20O6Si/c1-9(2)10(12)15-8-16-17(13-3,14-4)7-5-6-11/h11H,1,5-8H2,2-4H3. The van der Waals surface area contributed by atoms with Gasteiger partial charge in [-0.3, -0.25) is 0 Å². The van der Waals surface area contributed by atoms with Gasteiger partial charge >= 0.3 is 14.8 Å². The minimum Gasteiger partial charge on any atom is -0.436 e. The van der Waals surface area contributed by atoms with Crippen LogP contribution in [0.1, 0.15) is 13.3 Å². The highest BCUT2D eigenvalue weighted by Crippen LogP contribution is 2.15. The molecule has 0 saturated carbocycles. The first kappa shape index (κ1) is 16.3. The molecule has 0 radical (unpaired) electrons. The van der Waals surface area contributed by atoms with Crippen molar-refractivity contribution in [3.05, 3.63) is 12.2 Å². The molecule has 100 valence electrons. The maximum atomic E-state index is 11.1. The molecule has 0 aliphatic carbocycles. The third kappa shape index (κ3) is 5.94. The van der Waals surface area contributed by atoms with E-state index in [2.05, 4.69) is 6.58 Å². The van der Waals surface area contributed by atoms with Gasteiger partial charge in [0.15, 0.2) is 6.79 Å². The Morgan fingerprint density at radius 2 is 1.94 bits per heavy atom. The number of aliphatic hydroxyl groups excluding tert-OH is 1. The molecule has 0 heterocycles. The van der Waals surface area contributed by atoms with E-state index in [1.165, 1.54) is 14.2 Å². The summed E-state index contributed by atoms with van der Waals surface area (Å²) in [5.41, 5.74) is 0.297. The summed E-state index contributed by atoms with van der Waals surface area (Å²) in [5, 5.41) is 8.77. The van der Waals surface area contributed by atoms with Crippen LogP contribution >= 0.6 is 0 Å². The topological polar surface area (TPSA) is 74.2 Å². The molecular formula is C10H20O6Si. The first-order valence-corrected chi connectivity index (χ1v) is 7.12. The van der Waals surface area contributed by atoms with Gasteiger partial charge in [0.2, 0.25) is 0 Å². The molecule has 1 N–H and O–H groups in total. The van der Waals surface area contributed by atoms with Crippen molar-refractivity contribution in [2.75, 3.05) is 27.6 Å². The summed E-state index contributed by atoms with van der Waals surface area (Å²) in [4.78, 5) is 11.1. The van der Waals surface area contributed by atoms with Gasteiger partial charge in [0, 0.05) is 32.4 Å². The SMILES string of the molecule is C=C(C)C(=O)OCO[Si](CCCO)(OC)OC. The van der Waals surface area contributed by atoms with Gasteiger partial charge in [-0.05, 0) is 13.3 Å². The Kier molecular flexibility index (Phi) is 8.01. The summed E-state index contributed by atoms with van der Waals surface area (Å²) < 4.78 is 20.5. The van der Waals surface area contributed by atoms with Gasteiger partial charge in [-0.2, -0.15) is 0 Å². The predicted octanol–water partition coefficient (Wildman–Crippen LogP) is 0.694. The van der Waals surface area contributed by atoms with Crippen molar-refractivity contribution in [2.45, 2.75) is 19.4 Å². The number of carbonyl (C=O) groups excluding carboxylic acids is 1. The molecule has 17 heavy (non-hydrogen) atoms. The molecule has 0 aliphatic rings. The van der Waals surface area contributed by atoms with Gasteiger partial charge in [-0.15, -0.1) is 0 Å². The second-order valence-corrected chi connectivity index (χ2v) is 6.36. The van der Waals surface area contributed by atoms with Crippen LogP contribution in [0.25, 0.3) is 0 Å². The van der Waals surface area contributed by atoms with E-state index in [0.717, 1.165) is 0 Å². The van der Waals surface area contributed by atoms with Crippen molar-refractivity contribution in [3.63, 3.8) is 0 Å². The van der Waals surface area contributed by atoms with Gasteiger partial charge in [-0.25, -0.2) is 4.79 Å². The molecule has 0 saturated heterocycles. The van der Waals surface area contributed by atoms with Gasteiger partial charge in [0.05, 0.1) is 0 Å². The van der Waals surface area contributed by atoms with Gasteiger partial charge < -0.3 is 23.1 Å². The number of carbonyl (C=O) groups is 1. The molecule has 0 amide bonds. The third-order valence-electron chi connectivity index (χ3n) is 2.08. The van der Waals surface area contributed by atoms with Crippen LogP contribution < -0.4 is 0 Å². The fourth-order valence-electron chi connectivity index (χ4n) is 1.07. The zero-order chi connectivity index (χ0) is 13.3. The molecular weight excluding hydrogens is 244 g/mol. The molecule has 7 heteroatoms. The molecule has 0 unspecified atom stereocenters. The van der Waals surface area contributed by atoms with E-state index in [0.29, 0.717) is 18.0 Å². The summed E-state index contributed by atoms with van der Waals surface area (Å²) in [6, 6.07) is 0.459. The lowest BCUT2D eigenvalue weighted by Crippen LogP contribution is -2.44. The van der Waals surface area contributed by atoms with Crippen LogP contribution in [-0.2, 0) is 22.8 Å². The minimum atomic E-state index is -2.83. The summed E-state index contributed by atoms with van der Waals surface area (Å²) in [5.74, 6) is -0.526. The van der Waals surface area contributed by atoms with Crippen molar-refractivity contribution in [3.8, 4) is 0 Å². The number of hydrogen-bond acceptors (Lipinski definition) is 6. The fraction of sp³-hybridized carbons (Fsp3) is 0.700. The van der Waals surface area contributed by atoms with Crippen LogP contribution in [-0.4, -0.2) is 47.5 Å². The van der Waals surface area contributed by atoms with Crippen molar-refractivity contribution < 1.29 is 27.9 Å². The first-order valence-electron chi connectivity index (χ1n) is 5.19. The monoisotopic (exact) mass is 264 g/mol. The summed E-state index contributed by atoms with van der Waals surface area (Å²) >= 11 is 0. The van der Waals surface area contributed by atoms with Crippen LogP contribution in [0.15, 0.2) is 12.2 Å². The Morgan fingerprint density at radius 1 is 1.35 bits per heavy atom. The Bertz CT molecular complexity index is 251. The highest BCUT2D eigenvalue weighted by atomic mass is 28.4. The normalized spacial score (nSPS) is 11.3. The molecule has 0 aromatic carbocycles. The van der Waals surface area contributed by atoms with Crippen LogP contribution in [0.3, 0.4) is 0 Å². The molecule has 0 aromatic rings. The molecule has 0 aliphatic heterocycles. The zero-order valence-electron chi connectivity index (χ0n) is 10.5. The van der Waals surface area contributed by atoms with Crippen LogP contribution in [0, 0.1) is 0 Å². The molecule has 0 fully saturated rings. The van der Waals surface area contributed by atoms with Crippen LogP contribution in [0.5, 0.6) is 0 Å². The lowest BCUT2D eigenvalue weighted by atomic mass is 10.4. The smallest absolute Gasteiger partial charge is 0.436 e. The van der Waals surface area contributed by atoms with E-state index in [-0.39, 0.29) is 13.4 Å². The van der Waals surface area contributed by atoms with E-state index in [9.17, 15) is 4.79 Å². The second kappa shape index (κ2) is 8.37. The largest absolute Gasteiger partial charge is 0.503 e. The van der Waals surface area contributed by atoms with Crippen LogP contribution in [0.2, 0.25) is 6.04 Å². The lowest BCUT2D eigenvalue weighted by molar-refractivity contribution is -0.147. The number of aliphatic hydroxyl groups is 1. The average Bonchev–Trinajstić information content (AvgIpc) is 2.33. The average molecular weight is 264 g/mol. The summed E-state index contributed by atoms with van der Waals surface area (Å²) in [6.07, 6.45) is 0.502. The number of esters is 1. The van der Waals surface area contributed by atoms with Gasteiger partial charge in [0.25, 0.3) is 0 Å². The van der Waals surface area contributed by atoms with Crippen molar-refractivity contribution >= 4 is 14.8 Å². The Morgan fingerprint density at radius 3 is 2.35 bits per heavy atom. The number of hydrogen-bond donors (Lipinski definition) is 1. The van der Waals surface area contributed by atoms with Crippen LogP contribution in [0.4, 0.5) is 0 Å². The van der Waals surface area contributed by atoms with Gasteiger partial charge in [0.1, 0.15) is 0 Å². The highest BCUT2D eigenvalue weighted by molar-refractivity contribution is 6.60. The molecule has 0 aromatic heterocycles. The molecule has 0 rings (SSSR count). The first-order chi connectivity index (χ1) is 8.01. The third-order valence-corrected chi connectivity index (χ3v) is 4.85. The fourth-order valence-corrected chi connectivity index (χ4v) is 2.85. The molecule has 6 nitrogen and oxygen atoms in total. The van der Waals surface area contributed by atoms with E-state index in [1.54, 1.807) is 6.92 Å². The maximum Gasteiger partial charge on any atom is 0.503 e. The molecule has 0 atom stereocenters. The number of rotatable bonds is 9. The summed E-state index contributed by atoms with van der Waals surface area (Å²) in [7, 11) is 0.0990. The van der Waals surface area contributed by atoms with Crippen molar-refractivity contribution in [1.29, 1.82) is 0 Å².